The molecule has 7 nitrogen and oxygen atoms in total. The first kappa shape index (κ1) is 17.8. The Hall–Kier alpha value is 1.39. The van der Waals surface area contributed by atoms with Gasteiger partial charge < -0.3 is 19.9 Å². The van der Waals surface area contributed by atoms with Crippen molar-refractivity contribution in [2.75, 3.05) is 26.4 Å². The Labute approximate surface area is 124 Å². The summed E-state index contributed by atoms with van der Waals surface area (Å²) in [6.45, 7) is -2.80. The molecule has 0 aromatic heterocycles. The number of aliphatic hydroxyl groups excluding tert-OH is 3. The van der Waals surface area contributed by atoms with Crippen molar-refractivity contribution < 1.29 is 83.9 Å². The maximum atomic E-state index is 10.0. The third-order valence-corrected chi connectivity index (χ3v) is 1.92. The molecule has 0 fully saturated rings. The van der Waals surface area contributed by atoms with Gasteiger partial charge in [-0.3, -0.25) is 4.18 Å². The molecular weight excluding hydrogens is 243 g/mol. The fraction of sp³-hybridized carbons (Fsp3) is 1.00. The van der Waals surface area contributed by atoms with Crippen LogP contribution >= 0.6 is 0 Å². The largest absolute Gasteiger partial charge is 1.00 e. The molecule has 0 atom stereocenters. The van der Waals surface area contributed by atoms with Crippen LogP contribution in [0, 0.1) is 5.41 Å². The van der Waals surface area contributed by atoms with Gasteiger partial charge in [-0.15, -0.1) is 0 Å². The molecule has 3 N–H and O–H groups in total. The van der Waals surface area contributed by atoms with Crippen molar-refractivity contribution in [2.45, 2.75) is 0 Å². The van der Waals surface area contributed by atoms with Crippen LogP contribution in [0.25, 0.3) is 0 Å². The second kappa shape index (κ2) is 7.63. The summed E-state index contributed by atoms with van der Waals surface area (Å²) in [7, 11) is -4.87. The zero-order chi connectivity index (χ0) is 10.5. The molecule has 0 bridgehead atoms. The SMILES string of the molecule is O=S(=O)([O-])OCC(CO)(CO)CO.[K+]. The second-order valence-electron chi connectivity index (χ2n) is 2.64. The summed E-state index contributed by atoms with van der Waals surface area (Å²) < 4.78 is 33.8. The van der Waals surface area contributed by atoms with E-state index in [2.05, 4.69) is 4.18 Å². The van der Waals surface area contributed by atoms with E-state index < -0.39 is 42.2 Å². The van der Waals surface area contributed by atoms with Crippen molar-refractivity contribution in [1.82, 2.24) is 0 Å². The molecule has 0 aliphatic heterocycles. The fourth-order valence-electron chi connectivity index (χ4n) is 0.484. The van der Waals surface area contributed by atoms with Crippen molar-refractivity contribution in [3.8, 4) is 0 Å². The Balaban J connectivity index is 0. The van der Waals surface area contributed by atoms with Gasteiger partial charge in [-0.25, -0.2) is 8.42 Å². The average molecular weight is 254 g/mol. The Morgan fingerprint density at radius 3 is 1.71 bits per heavy atom. The predicted molar refractivity (Wildman–Crippen MR) is 39.3 cm³/mol. The van der Waals surface area contributed by atoms with E-state index in [-0.39, 0.29) is 51.4 Å². The molecule has 0 spiro atoms. The van der Waals surface area contributed by atoms with Gasteiger partial charge in [-0.05, 0) is 0 Å². The molecule has 0 aromatic rings. The second-order valence-corrected chi connectivity index (χ2v) is 3.70. The Kier molecular flexibility index (Phi) is 9.68. The van der Waals surface area contributed by atoms with Gasteiger partial charge in [0.05, 0.1) is 31.8 Å². The van der Waals surface area contributed by atoms with Crippen LogP contribution < -0.4 is 51.4 Å². The monoisotopic (exact) mass is 254 g/mol. The van der Waals surface area contributed by atoms with E-state index in [0.29, 0.717) is 0 Å². The van der Waals surface area contributed by atoms with Gasteiger partial charge in [0, 0.05) is 0 Å². The van der Waals surface area contributed by atoms with Gasteiger partial charge in [0.2, 0.25) is 10.4 Å². The molecule has 0 heterocycles. The number of aliphatic hydroxyl groups is 3. The summed E-state index contributed by atoms with van der Waals surface area (Å²) >= 11 is 0. The molecule has 0 saturated heterocycles. The maximum Gasteiger partial charge on any atom is 1.00 e. The number of hydrogen-bond donors (Lipinski definition) is 3. The molecule has 9 heteroatoms. The Morgan fingerprint density at radius 1 is 1.14 bits per heavy atom. The van der Waals surface area contributed by atoms with E-state index in [4.69, 9.17) is 15.3 Å². The summed E-state index contributed by atoms with van der Waals surface area (Å²) in [5.74, 6) is 0. The predicted octanol–water partition coefficient (Wildman–Crippen LogP) is -5.57. The van der Waals surface area contributed by atoms with Crippen LogP contribution in [0.15, 0.2) is 0 Å². The Morgan fingerprint density at radius 2 is 1.50 bits per heavy atom. The van der Waals surface area contributed by atoms with Gasteiger partial charge in [-0.2, -0.15) is 0 Å². The maximum absolute atomic E-state index is 10.0. The molecular formula is C5H11KO7S. The summed E-state index contributed by atoms with van der Waals surface area (Å²) in [6.07, 6.45) is 0. The van der Waals surface area contributed by atoms with Crippen LogP contribution in [0.3, 0.4) is 0 Å². The summed E-state index contributed by atoms with van der Waals surface area (Å²) in [5.41, 5.74) is -1.50. The first-order valence-corrected chi connectivity index (χ1v) is 4.65. The molecule has 0 saturated carbocycles. The first-order valence-electron chi connectivity index (χ1n) is 3.32. The molecule has 0 unspecified atom stereocenters. The molecule has 0 rings (SSSR count). The molecule has 0 radical (unpaired) electrons. The summed E-state index contributed by atoms with van der Waals surface area (Å²) in [6, 6.07) is 0. The molecule has 0 aliphatic carbocycles. The van der Waals surface area contributed by atoms with E-state index in [1.54, 1.807) is 0 Å². The zero-order valence-corrected chi connectivity index (χ0v) is 11.7. The van der Waals surface area contributed by atoms with Crippen molar-refractivity contribution >= 4 is 10.4 Å². The van der Waals surface area contributed by atoms with E-state index in [1.807, 2.05) is 0 Å². The van der Waals surface area contributed by atoms with Crippen molar-refractivity contribution in [3.63, 3.8) is 0 Å². The minimum atomic E-state index is -4.87. The van der Waals surface area contributed by atoms with Crippen molar-refractivity contribution in [1.29, 1.82) is 0 Å². The van der Waals surface area contributed by atoms with Crippen LogP contribution in [0.4, 0.5) is 0 Å². The van der Waals surface area contributed by atoms with Gasteiger partial charge >= 0.3 is 51.4 Å². The molecule has 0 aliphatic rings. The smallest absolute Gasteiger partial charge is 0.726 e. The minimum absolute atomic E-state index is 0. The molecule has 0 amide bonds. The van der Waals surface area contributed by atoms with Gasteiger partial charge in [0.15, 0.2) is 0 Å². The number of rotatable bonds is 6. The first-order chi connectivity index (χ1) is 5.89. The third-order valence-electron chi connectivity index (χ3n) is 1.52. The van der Waals surface area contributed by atoms with Crippen LogP contribution in [0.1, 0.15) is 0 Å². The van der Waals surface area contributed by atoms with Gasteiger partial charge in [0.25, 0.3) is 0 Å². The zero-order valence-electron chi connectivity index (χ0n) is 7.71. The Bertz CT molecular complexity index is 226. The van der Waals surface area contributed by atoms with E-state index >= 15 is 0 Å². The summed E-state index contributed by atoms with van der Waals surface area (Å²) in [5, 5.41) is 26.0. The molecule has 14 heavy (non-hydrogen) atoms. The molecule has 0 aromatic carbocycles. The van der Waals surface area contributed by atoms with Crippen LogP contribution in [0.5, 0.6) is 0 Å². The van der Waals surface area contributed by atoms with E-state index in [9.17, 15) is 13.0 Å². The summed E-state index contributed by atoms with van der Waals surface area (Å²) in [4.78, 5) is 0. The van der Waals surface area contributed by atoms with Crippen molar-refractivity contribution in [3.05, 3.63) is 0 Å². The van der Waals surface area contributed by atoms with Crippen molar-refractivity contribution in [2.24, 2.45) is 5.41 Å². The van der Waals surface area contributed by atoms with E-state index in [0.717, 1.165) is 0 Å². The van der Waals surface area contributed by atoms with E-state index in [1.165, 1.54) is 0 Å². The fourth-order valence-corrected chi connectivity index (χ4v) is 0.878. The quantitative estimate of drug-likeness (QED) is 0.245. The van der Waals surface area contributed by atoms with Crippen LogP contribution in [-0.2, 0) is 14.6 Å². The molecule has 80 valence electrons. The average Bonchev–Trinajstić information content (AvgIpc) is 2.06. The third kappa shape index (κ3) is 6.79. The topological polar surface area (TPSA) is 127 Å². The normalized spacial score (nSPS) is 12.3. The number of hydrogen-bond acceptors (Lipinski definition) is 7. The van der Waals surface area contributed by atoms with Gasteiger partial charge in [0.1, 0.15) is 0 Å². The van der Waals surface area contributed by atoms with Gasteiger partial charge in [-0.1, -0.05) is 0 Å². The minimum Gasteiger partial charge on any atom is -0.726 e. The van der Waals surface area contributed by atoms with Crippen LogP contribution in [0.2, 0.25) is 0 Å². The standard InChI is InChI=1S/C5H12O7S.K/c6-1-5(2-7,3-8)4-12-13(9,10)11;/h6-8H,1-4H2,(H,9,10,11);/q;+1/p-1. The van der Waals surface area contributed by atoms with Crippen LogP contribution in [-0.4, -0.2) is 54.7 Å².